The molecule has 0 aromatic rings. The van der Waals surface area contributed by atoms with Crippen molar-refractivity contribution in [1.82, 2.24) is 4.90 Å². The lowest BCUT2D eigenvalue weighted by Gasteiger charge is -2.28. The summed E-state index contributed by atoms with van der Waals surface area (Å²) in [5, 5.41) is 18.1. The smallest absolute Gasteiger partial charge is 0.133 e. The Morgan fingerprint density at radius 1 is 1.06 bits per heavy atom. The molecule has 0 fully saturated rings. The number of nitrogens with zero attached hydrogens (tertiary/aromatic N) is 3. The van der Waals surface area contributed by atoms with E-state index in [1.165, 1.54) is 17.7 Å². The zero-order valence-corrected chi connectivity index (χ0v) is 10.3. The maximum Gasteiger partial charge on any atom is 0.133 e. The molecule has 0 bridgehead atoms. The van der Waals surface area contributed by atoms with E-state index < -0.39 is 0 Å². The molecule has 0 amide bonds. The molecule has 0 saturated heterocycles. The van der Waals surface area contributed by atoms with Crippen LogP contribution >= 0.6 is 0 Å². The summed E-state index contributed by atoms with van der Waals surface area (Å²) in [6, 6.07) is 4.11. The topological polar surface area (TPSA) is 50.8 Å². The number of nitriles is 2. The van der Waals surface area contributed by atoms with Crippen molar-refractivity contribution in [2.24, 2.45) is 0 Å². The van der Waals surface area contributed by atoms with Gasteiger partial charge in [-0.2, -0.15) is 10.5 Å². The Labute approximate surface area is 103 Å². The minimum absolute atomic E-state index is 0.326. The highest BCUT2D eigenvalue weighted by atomic mass is 15.1. The van der Waals surface area contributed by atoms with Gasteiger partial charge in [0.15, 0.2) is 0 Å². The molecule has 0 aromatic carbocycles. The van der Waals surface area contributed by atoms with Crippen molar-refractivity contribution in [3.8, 4) is 12.1 Å². The average Bonchev–Trinajstić information content (AvgIpc) is 2.54. The van der Waals surface area contributed by atoms with E-state index in [-0.39, 0.29) is 0 Å². The Hall–Kier alpha value is -1.74. The van der Waals surface area contributed by atoms with Gasteiger partial charge >= 0.3 is 0 Å². The first-order valence-electron chi connectivity index (χ1n) is 6.24. The molecule has 2 rings (SSSR count). The Balaban J connectivity index is 2.50. The van der Waals surface area contributed by atoms with Gasteiger partial charge in [-0.15, -0.1) is 0 Å². The van der Waals surface area contributed by atoms with E-state index in [4.69, 9.17) is 10.5 Å². The number of rotatable bonds is 0. The third kappa shape index (κ3) is 2.19. The highest BCUT2D eigenvalue weighted by molar-refractivity contribution is 5.51. The normalized spacial score (nSPS) is 20.2. The Kier molecular flexibility index (Phi) is 3.49. The first kappa shape index (κ1) is 11.7. The molecule has 0 saturated carbocycles. The Morgan fingerprint density at radius 2 is 1.82 bits per heavy atom. The highest BCUT2D eigenvalue weighted by Crippen LogP contribution is 2.37. The fourth-order valence-electron chi connectivity index (χ4n) is 2.85. The second-order valence-electron chi connectivity index (χ2n) is 4.73. The van der Waals surface area contributed by atoms with Crippen LogP contribution in [0.25, 0.3) is 0 Å². The van der Waals surface area contributed by atoms with E-state index in [1.54, 1.807) is 0 Å². The lowest BCUT2D eigenvalue weighted by Crippen LogP contribution is -2.21. The van der Waals surface area contributed by atoms with Crippen LogP contribution in [0.4, 0.5) is 0 Å². The van der Waals surface area contributed by atoms with E-state index in [9.17, 15) is 0 Å². The molecule has 2 aliphatic rings. The molecule has 1 aliphatic carbocycles. The molecule has 0 atom stereocenters. The zero-order valence-electron chi connectivity index (χ0n) is 10.3. The van der Waals surface area contributed by atoms with Crippen molar-refractivity contribution in [3.63, 3.8) is 0 Å². The molecule has 0 aromatic heterocycles. The van der Waals surface area contributed by atoms with Crippen LogP contribution < -0.4 is 0 Å². The number of hydrogen-bond donors (Lipinski definition) is 0. The summed E-state index contributed by atoms with van der Waals surface area (Å²) < 4.78 is 0. The van der Waals surface area contributed by atoms with Gasteiger partial charge in [0, 0.05) is 19.3 Å². The molecule has 1 aliphatic heterocycles. The minimum atomic E-state index is 0.326. The molecule has 0 spiro atoms. The maximum absolute atomic E-state index is 9.04. The van der Waals surface area contributed by atoms with Crippen molar-refractivity contribution in [1.29, 1.82) is 10.5 Å². The molecule has 1 heterocycles. The van der Waals surface area contributed by atoms with Gasteiger partial charge in [-0.25, -0.2) is 0 Å². The van der Waals surface area contributed by atoms with Crippen molar-refractivity contribution < 1.29 is 0 Å². The Bertz CT molecular complexity index is 441. The fourth-order valence-corrected chi connectivity index (χ4v) is 2.85. The molecule has 3 heteroatoms. The maximum atomic E-state index is 9.04. The minimum Gasteiger partial charge on any atom is -0.378 e. The van der Waals surface area contributed by atoms with E-state index in [0.717, 1.165) is 44.2 Å². The second kappa shape index (κ2) is 5.06. The average molecular weight is 227 g/mol. The largest absolute Gasteiger partial charge is 0.378 e. The summed E-state index contributed by atoms with van der Waals surface area (Å²) in [6.45, 7) is 1.10. The van der Waals surface area contributed by atoms with Gasteiger partial charge in [-0.05, 0) is 49.7 Å². The number of allylic oxidation sites excluding steroid dienone is 4. The lowest BCUT2D eigenvalue weighted by atomic mass is 9.85. The standard InChI is InChI=1S/C14H17N3/c1-17-8-3-2-5-13-12(11(9-15)10-16)6-4-7-14(13)17/h2-8H2,1H3. The second-order valence-corrected chi connectivity index (χ2v) is 4.73. The third-order valence-corrected chi connectivity index (χ3v) is 3.71. The van der Waals surface area contributed by atoms with Crippen molar-refractivity contribution in [2.45, 2.75) is 38.5 Å². The summed E-state index contributed by atoms with van der Waals surface area (Å²) in [6.07, 6.45) is 6.44. The lowest BCUT2D eigenvalue weighted by molar-refractivity contribution is 0.392. The van der Waals surface area contributed by atoms with Gasteiger partial charge in [0.1, 0.15) is 17.7 Å². The number of hydrogen-bond acceptors (Lipinski definition) is 3. The zero-order chi connectivity index (χ0) is 12.3. The first-order valence-corrected chi connectivity index (χ1v) is 6.24. The fraction of sp³-hybridized carbons (Fsp3) is 0.571. The molecule has 0 unspecified atom stereocenters. The molecular weight excluding hydrogens is 210 g/mol. The first-order chi connectivity index (χ1) is 8.27. The van der Waals surface area contributed by atoms with Gasteiger partial charge in [0.05, 0.1) is 0 Å². The monoisotopic (exact) mass is 227 g/mol. The quantitative estimate of drug-likeness (QED) is 0.598. The summed E-state index contributed by atoms with van der Waals surface area (Å²) in [7, 11) is 2.13. The molecular formula is C14H17N3. The van der Waals surface area contributed by atoms with Gasteiger partial charge in [-0.1, -0.05) is 0 Å². The third-order valence-electron chi connectivity index (χ3n) is 3.71. The SMILES string of the molecule is CN1CCCCC2=C1CCCC2=C(C#N)C#N. The molecule has 0 radical (unpaired) electrons. The van der Waals surface area contributed by atoms with Gasteiger partial charge < -0.3 is 4.90 Å². The summed E-state index contributed by atoms with van der Waals surface area (Å²) in [4.78, 5) is 2.31. The predicted molar refractivity (Wildman–Crippen MR) is 65.6 cm³/mol. The van der Waals surface area contributed by atoms with Crippen LogP contribution in [0, 0.1) is 22.7 Å². The summed E-state index contributed by atoms with van der Waals surface area (Å²) >= 11 is 0. The predicted octanol–water partition coefficient (Wildman–Crippen LogP) is 2.88. The van der Waals surface area contributed by atoms with Crippen LogP contribution in [0.1, 0.15) is 38.5 Å². The van der Waals surface area contributed by atoms with Crippen molar-refractivity contribution in [2.75, 3.05) is 13.6 Å². The summed E-state index contributed by atoms with van der Waals surface area (Å²) in [5.41, 5.74) is 4.00. The van der Waals surface area contributed by atoms with E-state index in [2.05, 4.69) is 24.1 Å². The van der Waals surface area contributed by atoms with Crippen molar-refractivity contribution in [3.05, 3.63) is 22.4 Å². The van der Waals surface area contributed by atoms with E-state index >= 15 is 0 Å². The van der Waals surface area contributed by atoms with Gasteiger partial charge in [0.2, 0.25) is 0 Å². The van der Waals surface area contributed by atoms with Crippen LogP contribution in [0.5, 0.6) is 0 Å². The molecule has 0 N–H and O–H groups in total. The van der Waals surface area contributed by atoms with Crippen LogP contribution in [0.2, 0.25) is 0 Å². The van der Waals surface area contributed by atoms with E-state index in [0.29, 0.717) is 5.57 Å². The van der Waals surface area contributed by atoms with Crippen LogP contribution in [-0.4, -0.2) is 18.5 Å². The summed E-state index contributed by atoms with van der Waals surface area (Å²) in [5.74, 6) is 0. The Morgan fingerprint density at radius 3 is 2.53 bits per heavy atom. The van der Waals surface area contributed by atoms with Gasteiger partial charge in [-0.3, -0.25) is 0 Å². The molecule has 17 heavy (non-hydrogen) atoms. The van der Waals surface area contributed by atoms with Crippen LogP contribution in [0.3, 0.4) is 0 Å². The highest BCUT2D eigenvalue weighted by Gasteiger charge is 2.24. The van der Waals surface area contributed by atoms with Crippen molar-refractivity contribution >= 4 is 0 Å². The molecule has 88 valence electrons. The van der Waals surface area contributed by atoms with Crippen LogP contribution in [0.15, 0.2) is 22.4 Å². The van der Waals surface area contributed by atoms with Crippen LogP contribution in [-0.2, 0) is 0 Å². The van der Waals surface area contributed by atoms with E-state index in [1.807, 2.05) is 0 Å². The van der Waals surface area contributed by atoms with Gasteiger partial charge in [0.25, 0.3) is 0 Å². The molecule has 3 nitrogen and oxygen atoms in total.